The van der Waals surface area contributed by atoms with Crippen LogP contribution in [0.5, 0.6) is 5.75 Å². The molecule has 0 saturated carbocycles. The van der Waals surface area contributed by atoms with Crippen LogP contribution in [-0.4, -0.2) is 0 Å². The molecule has 1 atom stereocenters. The summed E-state index contributed by atoms with van der Waals surface area (Å²) in [5.74, 6) is 0.807. The zero-order valence-corrected chi connectivity index (χ0v) is 17.3. The Kier molecular flexibility index (Phi) is 8.46. The van der Waals surface area contributed by atoms with E-state index < -0.39 is 0 Å². The molecule has 0 aromatic heterocycles. The molecule has 142 valence electrons. The first-order chi connectivity index (χ1) is 12.6. The lowest BCUT2D eigenvalue weighted by Gasteiger charge is -2.17. The van der Waals surface area contributed by atoms with E-state index in [9.17, 15) is 0 Å². The molecule has 0 bridgehead atoms. The van der Waals surface area contributed by atoms with Gasteiger partial charge in [0.1, 0.15) is 12.4 Å². The molecule has 1 N–H and O–H groups in total. The van der Waals surface area contributed by atoms with Crippen molar-refractivity contribution in [3.8, 4) is 5.75 Å². The van der Waals surface area contributed by atoms with Crippen molar-refractivity contribution in [2.24, 2.45) is 0 Å². The summed E-state index contributed by atoms with van der Waals surface area (Å²) in [5.41, 5.74) is 3.22. The third-order valence-corrected chi connectivity index (χ3v) is 4.87. The van der Waals surface area contributed by atoms with E-state index in [1.807, 2.05) is 60.7 Å². The van der Waals surface area contributed by atoms with E-state index >= 15 is 0 Å². The van der Waals surface area contributed by atoms with Crippen LogP contribution in [0.2, 0.25) is 10.0 Å². The Morgan fingerprint density at radius 2 is 1.59 bits per heavy atom. The Bertz CT molecular complexity index is 855. The maximum atomic E-state index is 6.21. The number of rotatable bonds is 7. The number of hydrogen-bond acceptors (Lipinski definition) is 2. The van der Waals surface area contributed by atoms with Crippen LogP contribution in [0.25, 0.3) is 0 Å². The lowest BCUT2D eigenvalue weighted by molar-refractivity contribution is 0.302. The molecular weight excluding hydrogens is 401 g/mol. The average molecular weight is 423 g/mol. The normalized spacial score (nSPS) is 11.5. The number of halogens is 3. The molecule has 3 aromatic carbocycles. The van der Waals surface area contributed by atoms with Crippen LogP contribution in [-0.2, 0) is 13.2 Å². The lowest BCUT2D eigenvalue weighted by Crippen LogP contribution is -2.18. The van der Waals surface area contributed by atoms with E-state index in [4.69, 9.17) is 27.9 Å². The van der Waals surface area contributed by atoms with Gasteiger partial charge in [0, 0.05) is 33.8 Å². The minimum absolute atomic E-state index is 0. The zero-order chi connectivity index (χ0) is 18.4. The van der Waals surface area contributed by atoms with Gasteiger partial charge in [-0.3, -0.25) is 0 Å². The number of benzene rings is 3. The van der Waals surface area contributed by atoms with Crippen LogP contribution in [0.1, 0.15) is 29.7 Å². The smallest absolute Gasteiger partial charge is 0.124 e. The van der Waals surface area contributed by atoms with Gasteiger partial charge in [-0.15, -0.1) is 12.4 Å². The summed E-state index contributed by atoms with van der Waals surface area (Å²) in [4.78, 5) is 0. The van der Waals surface area contributed by atoms with E-state index in [0.717, 1.165) is 16.9 Å². The van der Waals surface area contributed by atoms with E-state index in [1.165, 1.54) is 5.56 Å². The molecular formula is C22H22Cl3NO. The first-order valence-corrected chi connectivity index (χ1v) is 9.32. The van der Waals surface area contributed by atoms with Gasteiger partial charge in [0.2, 0.25) is 0 Å². The predicted octanol–water partition coefficient (Wildman–Crippen LogP) is 6.85. The summed E-state index contributed by atoms with van der Waals surface area (Å²) in [6.07, 6.45) is 0. The average Bonchev–Trinajstić information content (AvgIpc) is 2.67. The van der Waals surface area contributed by atoms with Gasteiger partial charge in [-0.05, 0) is 36.8 Å². The largest absolute Gasteiger partial charge is 0.489 e. The first-order valence-electron chi connectivity index (χ1n) is 8.56. The molecule has 0 aliphatic carbocycles. The van der Waals surface area contributed by atoms with Gasteiger partial charge in [-0.25, -0.2) is 0 Å². The highest BCUT2D eigenvalue weighted by Gasteiger charge is 2.09. The van der Waals surface area contributed by atoms with Crippen LogP contribution < -0.4 is 10.1 Å². The highest BCUT2D eigenvalue weighted by Crippen LogP contribution is 2.26. The summed E-state index contributed by atoms with van der Waals surface area (Å²) in [6, 6.07) is 24.0. The van der Waals surface area contributed by atoms with Crippen LogP contribution in [0.3, 0.4) is 0 Å². The van der Waals surface area contributed by atoms with Gasteiger partial charge in [0.05, 0.1) is 0 Å². The summed E-state index contributed by atoms with van der Waals surface area (Å²) < 4.78 is 6.01. The maximum Gasteiger partial charge on any atom is 0.124 e. The van der Waals surface area contributed by atoms with Crippen LogP contribution >= 0.6 is 35.6 Å². The van der Waals surface area contributed by atoms with Crippen molar-refractivity contribution in [3.05, 3.63) is 99.5 Å². The lowest BCUT2D eigenvalue weighted by atomic mass is 10.1. The van der Waals surface area contributed by atoms with Gasteiger partial charge >= 0.3 is 0 Å². The van der Waals surface area contributed by atoms with Crippen molar-refractivity contribution in [1.29, 1.82) is 0 Å². The van der Waals surface area contributed by atoms with Gasteiger partial charge in [0.25, 0.3) is 0 Å². The topological polar surface area (TPSA) is 21.3 Å². The number of nitrogens with one attached hydrogen (secondary N) is 1. The summed E-state index contributed by atoms with van der Waals surface area (Å²) in [7, 11) is 0. The molecule has 0 aliphatic rings. The van der Waals surface area contributed by atoms with Gasteiger partial charge in [-0.2, -0.15) is 0 Å². The molecule has 0 saturated heterocycles. The fourth-order valence-corrected chi connectivity index (χ4v) is 3.11. The number of ether oxygens (including phenoxy) is 1. The van der Waals surface area contributed by atoms with Crippen molar-refractivity contribution in [1.82, 2.24) is 5.32 Å². The molecule has 0 aliphatic heterocycles. The second-order valence-electron chi connectivity index (χ2n) is 6.15. The SMILES string of the molecule is CC(NCc1cc(Cl)ccc1OCc1ccccc1Cl)c1ccccc1.Cl. The Morgan fingerprint density at radius 3 is 2.33 bits per heavy atom. The van der Waals surface area contributed by atoms with E-state index in [2.05, 4.69) is 24.4 Å². The molecule has 5 heteroatoms. The van der Waals surface area contributed by atoms with Crippen molar-refractivity contribution < 1.29 is 4.74 Å². The van der Waals surface area contributed by atoms with Gasteiger partial charge in [-0.1, -0.05) is 71.7 Å². The van der Waals surface area contributed by atoms with Crippen molar-refractivity contribution in [3.63, 3.8) is 0 Å². The molecule has 0 radical (unpaired) electrons. The summed E-state index contributed by atoms with van der Waals surface area (Å²) in [6.45, 7) is 3.22. The Morgan fingerprint density at radius 1 is 0.889 bits per heavy atom. The van der Waals surface area contributed by atoms with Crippen molar-refractivity contribution >= 4 is 35.6 Å². The molecule has 0 spiro atoms. The second kappa shape index (κ2) is 10.6. The fourth-order valence-electron chi connectivity index (χ4n) is 2.72. The first kappa shape index (κ1) is 21.6. The third kappa shape index (κ3) is 6.15. The third-order valence-electron chi connectivity index (χ3n) is 4.26. The summed E-state index contributed by atoms with van der Waals surface area (Å²) in [5, 5.41) is 4.93. The molecule has 1 unspecified atom stereocenters. The minimum atomic E-state index is 0. The maximum absolute atomic E-state index is 6.21. The van der Waals surface area contributed by atoms with Crippen molar-refractivity contribution in [2.45, 2.75) is 26.1 Å². The standard InChI is InChI=1S/C22H21Cl2NO.ClH/c1-16(17-7-3-2-4-8-17)25-14-19-13-20(23)11-12-22(19)26-15-18-9-5-6-10-21(18)24;/h2-13,16,25H,14-15H2,1H3;1H. The monoisotopic (exact) mass is 421 g/mol. The molecule has 0 heterocycles. The zero-order valence-electron chi connectivity index (χ0n) is 15.0. The Balaban J connectivity index is 0.00000261. The molecule has 0 amide bonds. The summed E-state index contributed by atoms with van der Waals surface area (Å²) >= 11 is 12.4. The van der Waals surface area contributed by atoms with E-state index in [1.54, 1.807) is 0 Å². The molecule has 0 fully saturated rings. The van der Waals surface area contributed by atoms with Gasteiger partial charge in [0.15, 0.2) is 0 Å². The molecule has 27 heavy (non-hydrogen) atoms. The second-order valence-corrected chi connectivity index (χ2v) is 6.99. The van der Waals surface area contributed by atoms with Crippen LogP contribution in [0, 0.1) is 0 Å². The Labute approximate surface area is 176 Å². The number of hydrogen-bond donors (Lipinski definition) is 1. The fraction of sp³-hybridized carbons (Fsp3) is 0.182. The van der Waals surface area contributed by atoms with Crippen LogP contribution in [0.4, 0.5) is 0 Å². The minimum Gasteiger partial charge on any atom is -0.489 e. The Hall–Kier alpha value is -1.71. The van der Waals surface area contributed by atoms with E-state index in [-0.39, 0.29) is 18.4 Å². The highest BCUT2D eigenvalue weighted by molar-refractivity contribution is 6.31. The molecule has 3 rings (SSSR count). The molecule has 3 aromatic rings. The van der Waals surface area contributed by atoms with Gasteiger partial charge < -0.3 is 10.1 Å². The molecule has 2 nitrogen and oxygen atoms in total. The van der Waals surface area contributed by atoms with Crippen molar-refractivity contribution in [2.75, 3.05) is 0 Å². The van der Waals surface area contributed by atoms with E-state index in [0.29, 0.717) is 23.2 Å². The quantitative estimate of drug-likeness (QED) is 0.450. The predicted molar refractivity (Wildman–Crippen MR) is 116 cm³/mol. The van der Waals surface area contributed by atoms with Crippen LogP contribution in [0.15, 0.2) is 72.8 Å². The highest BCUT2D eigenvalue weighted by atomic mass is 35.5.